The summed E-state index contributed by atoms with van der Waals surface area (Å²) >= 11 is 0. The summed E-state index contributed by atoms with van der Waals surface area (Å²) in [6.07, 6.45) is 2.88. The van der Waals surface area contributed by atoms with Crippen molar-refractivity contribution >= 4 is 10.9 Å². The Kier molecular flexibility index (Phi) is 5.63. The van der Waals surface area contributed by atoms with Gasteiger partial charge in [0.05, 0.1) is 5.52 Å². The van der Waals surface area contributed by atoms with Gasteiger partial charge in [0.25, 0.3) is 0 Å². The van der Waals surface area contributed by atoms with Gasteiger partial charge in [-0.15, -0.1) is 0 Å². The van der Waals surface area contributed by atoms with E-state index in [0.717, 1.165) is 46.1 Å². The van der Waals surface area contributed by atoms with Crippen LogP contribution in [0.4, 0.5) is 4.39 Å². The number of fused-ring (bicyclic) bond motifs is 1. The van der Waals surface area contributed by atoms with E-state index in [1.807, 2.05) is 61.1 Å². The van der Waals surface area contributed by atoms with E-state index in [-0.39, 0.29) is 5.82 Å². The Morgan fingerprint density at radius 3 is 2.48 bits per heavy atom. The number of aromatic nitrogens is 1. The van der Waals surface area contributed by atoms with E-state index in [9.17, 15) is 4.39 Å². The molecule has 0 fully saturated rings. The van der Waals surface area contributed by atoms with Crippen molar-refractivity contribution in [1.29, 1.82) is 0 Å². The molecule has 1 heterocycles. The summed E-state index contributed by atoms with van der Waals surface area (Å²) in [5, 5.41) is 4.02. The van der Waals surface area contributed by atoms with Crippen molar-refractivity contribution in [2.45, 2.75) is 13.0 Å². The highest BCUT2D eigenvalue weighted by atomic mass is 19.1. The molecular formula is C25H25FN2O. The highest BCUT2D eigenvalue weighted by Gasteiger charge is 2.17. The van der Waals surface area contributed by atoms with Gasteiger partial charge in [0.1, 0.15) is 6.61 Å². The monoisotopic (exact) mass is 388 g/mol. The second kappa shape index (κ2) is 8.50. The predicted octanol–water partition coefficient (Wildman–Crippen LogP) is 5.33. The quantitative estimate of drug-likeness (QED) is 0.463. The van der Waals surface area contributed by atoms with Crippen LogP contribution in [0.3, 0.4) is 0 Å². The molecule has 0 saturated heterocycles. The zero-order chi connectivity index (χ0) is 20.2. The van der Waals surface area contributed by atoms with E-state index in [4.69, 9.17) is 4.74 Å². The Morgan fingerprint density at radius 2 is 1.69 bits per heavy atom. The largest absolute Gasteiger partial charge is 0.485 e. The fraction of sp³-hybridized carbons (Fsp3) is 0.200. The highest BCUT2D eigenvalue weighted by molar-refractivity contribution is 5.90. The summed E-state index contributed by atoms with van der Waals surface area (Å²) < 4.78 is 23.0. The molecule has 1 aromatic heterocycles. The van der Waals surface area contributed by atoms with Crippen LogP contribution >= 0.6 is 0 Å². The number of hydrogen-bond acceptors (Lipinski definition) is 2. The summed E-state index contributed by atoms with van der Waals surface area (Å²) in [6, 6.07) is 21.6. The maximum absolute atomic E-state index is 14.8. The summed E-state index contributed by atoms with van der Waals surface area (Å²) in [5.74, 6) is 0.00340. The number of nitrogens with zero attached hydrogens (tertiary/aromatic N) is 1. The van der Waals surface area contributed by atoms with Gasteiger partial charge in [0, 0.05) is 18.6 Å². The lowest BCUT2D eigenvalue weighted by molar-refractivity contribution is 0.295. The molecule has 4 rings (SSSR count). The van der Waals surface area contributed by atoms with Gasteiger partial charge in [-0.25, -0.2) is 4.39 Å². The van der Waals surface area contributed by atoms with Crippen molar-refractivity contribution in [3.05, 3.63) is 89.9 Å². The minimum absolute atomic E-state index is 0.307. The third-order valence-corrected chi connectivity index (χ3v) is 5.26. The second-order valence-corrected chi connectivity index (χ2v) is 7.20. The van der Waals surface area contributed by atoms with Gasteiger partial charge >= 0.3 is 0 Å². The summed E-state index contributed by atoms with van der Waals surface area (Å²) in [4.78, 5) is 0. The number of halogens is 1. The third-order valence-electron chi connectivity index (χ3n) is 5.26. The predicted molar refractivity (Wildman–Crippen MR) is 117 cm³/mol. The van der Waals surface area contributed by atoms with Crippen LogP contribution in [0.1, 0.15) is 11.1 Å². The first-order valence-corrected chi connectivity index (χ1v) is 9.86. The zero-order valence-electron chi connectivity index (χ0n) is 16.8. The number of hydrogen-bond donors (Lipinski definition) is 1. The van der Waals surface area contributed by atoms with Gasteiger partial charge < -0.3 is 14.6 Å². The lowest BCUT2D eigenvalue weighted by atomic mass is 10.0. The van der Waals surface area contributed by atoms with Crippen molar-refractivity contribution in [1.82, 2.24) is 9.88 Å². The first kappa shape index (κ1) is 19.2. The Hall–Kier alpha value is -3.11. The van der Waals surface area contributed by atoms with Gasteiger partial charge in [-0.05, 0) is 54.4 Å². The number of likely N-dealkylation sites (N-methyl/N-ethyl adjacent to an activating group) is 1. The maximum atomic E-state index is 14.8. The summed E-state index contributed by atoms with van der Waals surface area (Å²) in [7, 11) is 3.90. The zero-order valence-corrected chi connectivity index (χ0v) is 16.8. The van der Waals surface area contributed by atoms with Gasteiger partial charge in [-0.1, -0.05) is 54.6 Å². The van der Waals surface area contributed by atoms with Crippen molar-refractivity contribution in [3.63, 3.8) is 0 Å². The molecule has 0 aliphatic rings. The average Bonchev–Trinajstić information content (AvgIpc) is 3.08. The number of nitrogens with one attached hydrogen (secondary N) is 1. The Morgan fingerprint density at radius 1 is 0.931 bits per heavy atom. The molecule has 29 heavy (non-hydrogen) atoms. The molecule has 0 radical (unpaired) electrons. The normalized spacial score (nSPS) is 11.1. The van der Waals surface area contributed by atoms with Crippen LogP contribution < -0.4 is 10.1 Å². The first-order chi connectivity index (χ1) is 14.2. The topological polar surface area (TPSA) is 26.2 Å². The molecule has 0 aliphatic heterocycles. The van der Waals surface area contributed by atoms with Gasteiger partial charge in [0.15, 0.2) is 11.6 Å². The molecule has 0 saturated carbocycles. The van der Waals surface area contributed by atoms with Crippen molar-refractivity contribution in [3.8, 4) is 16.9 Å². The number of benzene rings is 3. The number of rotatable bonds is 7. The van der Waals surface area contributed by atoms with Crippen LogP contribution in [0.15, 0.2) is 72.9 Å². The van der Waals surface area contributed by atoms with E-state index in [2.05, 4.69) is 29.7 Å². The van der Waals surface area contributed by atoms with Crippen LogP contribution in [-0.4, -0.2) is 18.2 Å². The van der Waals surface area contributed by atoms with E-state index in [0.29, 0.717) is 12.4 Å². The van der Waals surface area contributed by atoms with Crippen molar-refractivity contribution in [2.75, 3.05) is 13.6 Å². The highest BCUT2D eigenvalue weighted by Crippen LogP contribution is 2.34. The lowest BCUT2D eigenvalue weighted by Gasteiger charge is -2.14. The smallest absolute Gasteiger partial charge is 0.165 e. The molecule has 0 atom stereocenters. The van der Waals surface area contributed by atoms with Crippen LogP contribution in [0, 0.1) is 5.82 Å². The van der Waals surface area contributed by atoms with E-state index < -0.39 is 0 Å². The fourth-order valence-corrected chi connectivity index (χ4v) is 3.80. The Balaban J connectivity index is 1.70. The van der Waals surface area contributed by atoms with Crippen LogP contribution in [0.5, 0.6) is 5.75 Å². The molecule has 3 nitrogen and oxygen atoms in total. The molecule has 0 aliphatic carbocycles. The third kappa shape index (κ3) is 3.89. The molecule has 0 spiro atoms. The minimum Gasteiger partial charge on any atom is -0.485 e. The molecule has 4 aromatic rings. The molecule has 0 unspecified atom stereocenters. The van der Waals surface area contributed by atoms with Crippen LogP contribution in [0.2, 0.25) is 0 Å². The molecule has 0 amide bonds. The SMILES string of the molecule is CNCCc1cn(C)c2ccc(F)c(OCc3ccccc3-c3ccccc3)c12. The molecule has 1 N–H and O–H groups in total. The minimum atomic E-state index is -0.327. The number of ether oxygens (including phenoxy) is 1. The first-order valence-electron chi connectivity index (χ1n) is 9.86. The van der Waals surface area contributed by atoms with Crippen molar-refractivity contribution in [2.24, 2.45) is 7.05 Å². The molecular weight excluding hydrogens is 363 g/mol. The van der Waals surface area contributed by atoms with Gasteiger partial charge in [-0.2, -0.15) is 0 Å². The molecule has 0 bridgehead atoms. The fourth-order valence-electron chi connectivity index (χ4n) is 3.80. The van der Waals surface area contributed by atoms with E-state index in [1.165, 1.54) is 6.07 Å². The Labute approximate surface area is 170 Å². The van der Waals surface area contributed by atoms with Crippen LogP contribution in [-0.2, 0) is 20.1 Å². The molecule has 4 heteroatoms. The average molecular weight is 388 g/mol. The summed E-state index contributed by atoms with van der Waals surface area (Å²) in [6.45, 7) is 1.13. The van der Waals surface area contributed by atoms with E-state index in [1.54, 1.807) is 0 Å². The standard InChI is InChI=1S/C25H25FN2O/c1-27-15-14-19-16-28(2)23-13-12-22(26)25(24(19)23)29-17-20-10-6-7-11-21(20)18-8-4-3-5-9-18/h3-13,16,27H,14-15,17H2,1-2H3. The van der Waals surface area contributed by atoms with Gasteiger partial charge in [0.2, 0.25) is 0 Å². The van der Waals surface area contributed by atoms with Gasteiger partial charge in [-0.3, -0.25) is 0 Å². The maximum Gasteiger partial charge on any atom is 0.165 e. The molecule has 3 aromatic carbocycles. The summed E-state index contributed by atoms with van der Waals surface area (Å²) in [5.41, 5.74) is 5.32. The van der Waals surface area contributed by atoms with Crippen LogP contribution in [0.25, 0.3) is 22.0 Å². The lowest BCUT2D eigenvalue weighted by Crippen LogP contribution is -2.10. The van der Waals surface area contributed by atoms with Crippen molar-refractivity contribution < 1.29 is 9.13 Å². The molecule has 148 valence electrons. The Bertz CT molecular complexity index is 1120. The van der Waals surface area contributed by atoms with E-state index >= 15 is 0 Å². The second-order valence-electron chi connectivity index (χ2n) is 7.20. The number of aryl methyl sites for hydroxylation is 1.